The molecule has 0 aliphatic carbocycles. The number of carbonyl (C=O) groups excluding carboxylic acids is 1. The van der Waals surface area contributed by atoms with Gasteiger partial charge in [0.15, 0.2) is 0 Å². The Kier molecular flexibility index (Phi) is 5.57. The Morgan fingerprint density at radius 1 is 1.12 bits per heavy atom. The maximum Gasteiger partial charge on any atom is 0.247 e. The van der Waals surface area contributed by atoms with Gasteiger partial charge in [-0.25, -0.2) is 4.39 Å². The van der Waals surface area contributed by atoms with Gasteiger partial charge in [0.25, 0.3) is 0 Å². The maximum absolute atomic E-state index is 13.4. The molecule has 0 aromatic heterocycles. The minimum Gasteiger partial charge on any atom is -0.371 e. The van der Waals surface area contributed by atoms with Gasteiger partial charge in [-0.2, -0.15) is 0 Å². The van der Waals surface area contributed by atoms with Crippen molar-refractivity contribution < 1.29 is 9.18 Å². The summed E-state index contributed by atoms with van der Waals surface area (Å²) < 4.78 is 13.4. The molecule has 0 bridgehead atoms. The number of benzene rings is 2. The molecule has 1 saturated heterocycles. The van der Waals surface area contributed by atoms with Gasteiger partial charge in [0.05, 0.1) is 0 Å². The first-order chi connectivity index (χ1) is 12.5. The van der Waals surface area contributed by atoms with Crippen LogP contribution >= 0.6 is 0 Å². The largest absolute Gasteiger partial charge is 0.371 e. The maximum atomic E-state index is 13.4. The van der Waals surface area contributed by atoms with Crippen molar-refractivity contribution >= 4 is 11.6 Å². The lowest BCUT2D eigenvalue weighted by molar-refractivity contribution is -0.135. The second-order valence-electron chi connectivity index (χ2n) is 7.18. The smallest absolute Gasteiger partial charge is 0.247 e. The van der Waals surface area contributed by atoms with Crippen molar-refractivity contribution in [3.63, 3.8) is 0 Å². The van der Waals surface area contributed by atoms with Gasteiger partial charge in [0.2, 0.25) is 5.91 Å². The third kappa shape index (κ3) is 4.22. The average molecular weight is 355 g/mol. The van der Waals surface area contributed by atoms with Crippen LogP contribution < -0.4 is 5.32 Å². The van der Waals surface area contributed by atoms with Crippen molar-refractivity contribution in [1.29, 1.82) is 0 Å². The van der Waals surface area contributed by atoms with Gasteiger partial charge in [0, 0.05) is 39.4 Å². The summed E-state index contributed by atoms with van der Waals surface area (Å²) in [7, 11) is 3.60. The minimum absolute atomic E-state index is 0.103. The Morgan fingerprint density at radius 3 is 2.42 bits per heavy atom. The van der Waals surface area contributed by atoms with Gasteiger partial charge < -0.3 is 10.2 Å². The van der Waals surface area contributed by atoms with E-state index in [4.69, 9.17) is 0 Å². The molecule has 0 atom stereocenters. The summed E-state index contributed by atoms with van der Waals surface area (Å²) in [6.07, 6.45) is 1.43. The van der Waals surface area contributed by atoms with Gasteiger partial charge in [-0.1, -0.05) is 30.3 Å². The number of carbonyl (C=O) groups is 1. The summed E-state index contributed by atoms with van der Waals surface area (Å²) in [6.45, 7) is 2.28. The molecule has 4 nitrogen and oxygen atoms in total. The van der Waals surface area contributed by atoms with E-state index < -0.39 is 5.54 Å². The van der Waals surface area contributed by atoms with Crippen LogP contribution in [-0.4, -0.2) is 48.4 Å². The molecule has 1 amide bonds. The summed E-state index contributed by atoms with van der Waals surface area (Å²) in [5.74, 6) is -0.103. The standard InChI is InChI=1S/C21H26FN3O/c1-24(2)20(26)21(23-19-9-4-3-5-10-19)11-13-25(14-12-21)16-17-7-6-8-18(22)15-17/h3-10,15,23H,11-14,16H2,1-2H3. The predicted molar refractivity (Wildman–Crippen MR) is 102 cm³/mol. The Morgan fingerprint density at radius 2 is 1.81 bits per heavy atom. The van der Waals surface area contributed by atoms with E-state index in [-0.39, 0.29) is 11.7 Å². The number of para-hydroxylation sites is 1. The number of likely N-dealkylation sites (tertiary alicyclic amines) is 1. The quantitative estimate of drug-likeness (QED) is 0.893. The molecule has 0 unspecified atom stereocenters. The molecule has 0 saturated carbocycles. The van der Waals surface area contributed by atoms with Gasteiger partial charge in [-0.3, -0.25) is 9.69 Å². The third-order valence-corrected chi connectivity index (χ3v) is 4.98. The number of hydrogen-bond acceptors (Lipinski definition) is 3. The second-order valence-corrected chi connectivity index (χ2v) is 7.18. The van der Waals surface area contributed by atoms with Crippen molar-refractivity contribution in [2.75, 3.05) is 32.5 Å². The monoisotopic (exact) mass is 355 g/mol. The van der Waals surface area contributed by atoms with Crippen molar-refractivity contribution in [3.05, 3.63) is 66.0 Å². The molecule has 1 heterocycles. The SMILES string of the molecule is CN(C)C(=O)C1(Nc2ccccc2)CCN(Cc2cccc(F)c2)CC1. The Hall–Kier alpha value is -2.40. The number of amides is 1. The lowest BCUT2D eigenvalue weighted by atomic mass is 9.85. The van der Waals surface area contributed by atoms with E-state index in [0.29, 0.717) is 19.4 Å². The summed E-state index contributed by atoms with van der Waals surface area (Å²) in [6, 6.07) is 16.6. The molecule has 1 aliphatic rings. The number of nitrogens with one attached hydrogen (secondary N) is 1. The first-order valence-corrected chi connectivity index (χ1v) is 9.00. The van der Waals surface area contributed by atoms with Crippen LogP contribution in [0.25, 0.3) is 0 Å². The van der Waals surface area contributed by atoms with E-state index in [1.807, 2.05) is 36.4 Å². The van der Waals surface area contributed by atoms with Crippen LogP contribution in [0.15, 0.2) is 54.6 Å². The molecule has 1 N–H and O–H groups in total. The van der Waals surface area contributed by atoms with Gasteiger partial charge in [-0.15, -0.1) is 0 Å². The Bertz CT molecular complexity index is 740. The summed E-state index contributed by atoms with van der Waals surface area (Å²) >= 11 is 0. The number of hydrogen-bond donors (Lipinski definition) is 1. The van der Waals surface area contributed by atoms with E-state index in [2.05, 4.69) is 10.2 Å². The van der Waals surface area contributed by atoms with Crippen molar-refractivity contribution in [2.45, 2.75) is 24.9 Å². The lowest BCUT2D eigenvalue weighted by Gasteiger charge is -2.43. The number of nitrogens with zero attached hydrogens (tertiary/aromatic N) is 2. The molecule has 2 aromatic carbocycles. The number of rotatable bonds is 5. The van der Waals surface area contributed by atoms with Gasteiger partial charge in [-0.05, 0) is 42.7 Å². The fourth-order valence-corrected chi connectivity index (χ4v) is 3.60. The van der Waals surface area contributed by atoms with Crippen LogP contribution in [0.5, 0.6) is 0 Å². The van der Waals surface area contributed by atoms with E-state index in [0.717, 1.165) is 24.3 Å². The van der Waals surface area contributed by atoms with Crippen molar-refractivity contribution in [3.8, 4) is 0 Å². The van der Waals surface area contributed by atoms with E-state index >= 15 is 0 Å². The Labute approximate surface area is 154 Å². The van der Waals surface area contributed by atoms with Crippen LogP contribution in [0.4, 0.5) is 10.1 Å². The number of piperidine rings is 1. The van der Waals surface area contributed by atoms with Crippen LogP contribution in [-0.2, 0) is 11.3 Å². The average Bonchev–Trinajstić information content (AvgIpc) is 2.64. The second kappa shape index (κ2) is 7.87. The topological polar surface area (TPSA) is 35.6 Å². The van der Waals surface area contributed by atoms with Crippen molar-refractivity contribution in [2.24, 2.45) is 0 Å². The zero-order valence-electron chi connectivity index (χ0n) is 15.4. The highest BCUT2D eigenvalue weighted by molar-refractivity contribution is 5.89. The molecule has 3 rings (SSSR count). The number of likely N-dealkylation sites (N-methyl/N-ethyl adjacent to an activating group) is 1. The molecule has 0 spiro atoms. The first kappa shape index (κ1) is 18.4. The van der Waals surface area contributed by atoms with Crippen LogP contribution in [0, 0.1) is 5.82 Å². The van der Waals surface area contributed by atoms with Crippen molar-refractivity contribution in [1.82, 2.24) is 9.80 Å². The molecule has 26 heavy (non-hydrogen) atoms. The third-order valence-electron chi connectivity index (χ3n) is 4.98. The van der Waals surface area contributed by atoms with E-state index in [1.165, 1.54) is 6.07 Å². The summed E-state index contributed by atoms with van der Waals surface area (Å²) in [5, 5.41) is 3.49. The summed E-state index contributed by atoms with van der Waals surface area (Å²) in [4.78, 5) is 16.9. The molecular formula is C21H26FN3O. The molecule has 5 heteroatoms. The van der Waals surface area contributed by atoms with Gasteiger partial charge >= 0.3 is 0 Å². The first-order valence-electron chi connectivity index (χ1n) is 9.00. The zero-order valence-corrected chi connectivity index (χ0v) is 15.4. The van der Waals surface area contributed by atoms with E-state index in [9.17, 15) is 9.18 Å². The fourth-order valence-electron chi connectivity index (χ4n) is 3.60. The number of halogens is 1. The lowest BCUT2D eigenvalue weighted by Crippen LogP contribution is -2.57. The molecular weight excluding hydrogens is 329 g/mol. The fraction of sp³-hybridized carbons (Fsp3) is 0.381. The van der Waals surface area contributed by atoms with Gasteiger partial charge in [0.1, 0.15) is 11.4 Å². The minimum atomic E-state index is -0.594. The normalized spacial score (nSPS) is 16.9. The summed E-state index contributed by atoms with van der Waals surface area (Å²) in [5.41, 5.74) is 1.33. The molecule has 0 radical (unpaired) electrons. The highest BCUT2D eigenvalue weighted by atomic mass is 19.1. The Balaban J connectivity index is 1.71. The highest BCUT2D eigenvalue weighted by Crippen LogP contribution is 2.29. The van der Waals surface area contributed by atoms with Crippen LogP contribution in [0.2, 0.25) is 0 Å². The molecule has 2 aromatic rings. The van der Waals surface area contributed by atoms with E-state index in [1.54, 1.807) is 31.1 Å². The highest BCUT2D eigenvalue weighted by Gasteiger charge is 2.42. The van der Waals surface area contributed by atoms with Crippen LogP contribution in [0.3, 0.4) is 0 Å². The molecule has 138 valence electrons. The predicted octanol–water partition coefficient (Wildman–Crippen LogP) is 3.36. The molecule has 1 aliphatic heterocycles. The van der Waals surface area contributed by atoms with Crippen LogP contribution in [0.1, 0.15) is 18.4 Å². The zero-order chi connectivity index (χ0) is 18.6. The number of anilines is 1. The molecule has 1 fully saturated rings.